The Hall–Kier alpha value is -2.52. The second kappa shape index (κ2) is 10.3. The van der Waals surface area contributed by atoms with Gasteiger partial charge in [-0.2, -0.15) is 4.31 Å². The Kier molecular flexibility index (Phi) is 7.29. The summed E-state index contributed by atoms with van der Waals surface area (Å²) >= 11 is 0. The molecule has 2 aliphatic heterocycles. The molecule has 2 aliphatic rings. The molecule has 0 amide bonds. The molecule has 2 fully saturated rings. The standard InChI is InChI=1S/C29H38N4O3S/c1-20-9-8-10-25(21(20)2)23-11-13-24(14-12-23)29-26-18-32(15-6-7-16-33(26)27(29)19-36-5)37(34,35)28-17-30-22(3)31(28)4/h8-14,17,26-27,29H,6-7,15-16,18-19H2,1-5H3/t26?,27?,29-/m0/s1. The zero-order chi connectivity index (χ0) is 26.3. The molecule has 0 aliphatic carbocycles. The van der Waals surface area contributed by atoms with Crippen molar-refractivity contribution in [2.24, 2.45) is 7.05 Å². The quantitative estimate of drug-likeness (QED) is 0.484. The van der Waals surface area contributed by atoms with E-state index in [2.05, 4.69) is 66.2 Å². The predicted molar refractivity (Wildman–Crippen MR) is 146 cm³/mol. The number of hydrogen-bond acceptors (Lipinski definition) is 5. The van der Waals surface area contributed by atoms with Crippen LogP contribution in [0.1, 0.15) is 41.3 Å². The van der Waals surface area contributed by atoms with Crippen molar-refractivity contribution in [3.63, 3.8) is 0 Å². The van der Waals surface area contributed by atoms with Gasteiger partial charge in [0.05, 0.1) is 12.8 Å². The number of hydrogen-bond donors (Lipinski definition) is 0. The van der Waals surface area contributed by atoms with Crippen LogP contribution in [0.3, 0.4) is 0 Å². The molecule has 0 spiro atoms. The Morgan fingerprint density at radius 3 is 2.43 bits per heavy atom. The number of methoxy groups -OCH3 is 1. The second-order valence-corrected chi connectivity index (χ2v) is 12.4. The first-order valence-electron chi connectivity index (χ1n) is 13.1. The molecular weight excluding hydrogens is 484 g/mol. The van der Waals surface area contributed by atoms with Crippen LogP contribution in [-0.4, -0.2) is 72.6 Å². The highest BCUT2D eigenvalue weighted by Gasteiger charge is 2.50. The average molecular weight is 523 g/mol. The molecule has 0 N–H and O–H groups in total. The minimum absolute atomic E-state index is 0.108. The van der Waals surface area contributed by atoms with Gasteiger partial charge in [-0.05, 0) is 68.0 Å². The Bertz CT molecular complexity index is 1370. The molecule has 2 unspecified atom stereocenters. The van der Waals surface area contributed by atoms with E-state index in [0.717, 1.165) is 19.4 Å². The van der Waals surface area contributed by atoms with Crippen LogP contribution in [0.2, 0.25) is 0 Å². The van der Waals surface area contributed by atoms with Gasteiger partial charge in [-0.25, -0.2) is 13.4 Å². The van der Waals surface area contributed by atoms with E-state index >= 15 is 0 Å². The lowest BCUT2D eigenvalue weighted by Crippen LogP contribution is -2.68. The van der Waals surface area contributed by atoms with Crippen molar-refractivity contribution in [2.75, 3.05) is 33.4 Å². The van der Waals surface area contributed by atoms with Gasteiger partial charge in [0.1, 0.15) is 5.82 Å². The van der Waals surface area contributed by atoms with Crippen LogP contribution >= 0.6 is 0 Å². The van der Waals surface area contributed by atoms with Crippen LogP contribution < -0.4 is 0 Å². The number of fused-ring (bicyclic) bond motifs is 1. The van der Waals surface area contributed by atoms with E-state index in [4.69, 9.17) is 4.74 Å². The van der Waals surface area contributed by atoms with E-state index in [1.165, 1.54) is 34.0 Å². The van der Waals surface area contributed by atoms with Crippen molar-refractivity contribution in [2.45, 2.75) is 56.6 Å². The van der Waals surface area contributed by atoms with E-state index in [1.54, 1.807) is 23.0 Å². The van der Waals surface area contributed by atoms with Gasteiger partial charge >= 0.3 is 0 Å². The summed E-state index contributed by atoms with van der Waals surface area (Å²) in [7, 11) is -0.128. The number of ether oxygens (including phenoxy) is 1. The van der Waals surface area contributed by atoms with Crippen LogP contribution in [0.5, 0.6) is 0 Å². The molecule has 3 aromatic rings. The Morgan fingerprint density at radius 1 is 1.03 bits per heavy atom. The summed E-state index contributed by atoms with van der Waals surface area (Å²) in [6.07, 6.45) is 3.29. The van der Waals surface area contributed by atoms with E-state index in [1.807, 2.05) is 6.92 Å². The normalized spacial score (nSPS) is 23.2. The zero-order valence-corrected chi connectivity index (χ0v) is 23.3. The first-order valence-corrected chi connectivity index (χ1v) is 14.6. The molecule has 7 nitrogen and oxygen atoms in total. The highest BCUT2D eigenvalue weighted by atomic mass is 32.2. The summed E-state index contributed by atoms with van der Waals surface area (Å²) < 4.78 is 36.4. The lowest BCUT2D eigenvalue weighted by molar-refractivity contribution is -0.0635. The van der Waals surface area contributed by atoms with Gasteiger partial charge in [0, 0.05) is 45.2 Å². The SMILES string of the molecule is COCC1[C@@H](c2ccc(-c3cccc(C)c3C)cc2)C2CN(S(=O)(=O)c3cnc(C)n3C)CCCCN12. The maximum atomic E-state index is 13.7. The summed E-state index contributed by atoms with van der Waals surface area (Å²) in [5.74, 6) is 0.898. The maximum absolute atomic E-state index is 13.7. The fourth-order valence-corrected chi connectivity index (χ4v) is 7.73. The third-order valence-corrected chi connectivity index (χ3v) is 10.4. The summed E-state index contributed by atoms with van der Waals surface area (Å²) in [5, 5.41) is 0.263. The third kappa shape index (κ3) is 4.65. The molecule has 3 atom stereocenters. The van der Waals surface area contributed by atoms with E-state index < -0.39 is 10.0 Å². The molecule has 198 valence electrons. The van der Waals surface area contributed by atoms with E-state index in [9.17, 15) is 8.42 Å². The molecule has 0 saturated carbocycles. The van der Waals surface area contributed by atoms with Crippen molar-refractivity contribution in [3.05, 3.63) is 71.2 Å². The van der Waals surface area contributed by atoms with Gasteiger partial charge in [0.2, 0.25) is 0 Å². The van der Waals surface area contributed by atoms with Gasteiger partial charge in [0.15, 0.2) is 5.03 Å². The lowest BCUT2D eigenvalue weighted by Gasteiger charge is -2.57. The molecule has 0 bridgehead atoms. The van der Waals surface area contributed by atoms with Crippen LogP contribution in [0.25, 0.3) is 11.1 Å². The zero-order valence-electron chi connectivity index (χ0n) is 22.5. The highest BCUT2D eigenvalue weighted by Crippen LogP contribution is 2.43. The number of aromatic nitrogens is 2. The monoisotopic (exact) mass is 522 g/mol. The first kappa shape index (κ1) is 26.1. The fourth-order valence-electron chi connectivity index (χ4n) is 6.08. The van der Waals surface area contributed by atoms with Gasteiger partial charge in [-0.15, -0.1) is 0 Å². The van der Waals surface area contributed by atoms with Crippen LogP contribution in [0, 0.1) is 20.8 Å². The molecule has 1 aromatic heterocycles. The van der Waals surface area contributed by atoms with Gasteiger partial charge < -0.3 is 9.30 Å². The summed E-state index contributed by atoms with van der Waals surface area (Å²) in [5.41, 5.74) is 6.29. The molecule has 37 heavy (non-hydrogen) atoms. The minimum Gasteiger partial charge on any atom is -0.383 e. The second-order valence-electron chi connectivity index (χ2n) is 10.5. The molecular formula is C29H38N4O3S. The summed E-state index contributed by atoms with van der Waals surface area (Å²) in [6.45, 7) is 8.74. The molecule has 2 aromatic carbocycles. The Balaban J connectivity index is 1.45. The van der Waals surface area contributed by atoms with Gasteiger partial charge in [0.25, 0.3) is 10.0 Å². The number of imidazole rings is 1. The Morgan fingerprint density at radius 2 is 1.76 bits per heavy atom. The molecule has 3 heterocycles. The van der Waals surface area contributed by atoms with Crippen LogP contribution in [-0.2, 0) is 21.8 Å². The smallest absolute Gasteiger partial charge is 0.260 e. The molecule has 2 saturated heterocycles. The summed E-state index contributed by atoms with van der Waals surface area (Å²) in [4.78, 5) is 6.70. The molecule has 0 radical (unpaired) electrons. The average Bonchev–Trinajstić information content (AvgIpc) is 3.21. The first-order chi connectivity index (χ1) is 17.7. The van der Waals surface area contributed by atoms with Crippen LogP contribution in [0.4, 0.5) is 0 Å². The van der Waals surface area contributed by atoms with Gasteiger partial charge in [-0.1, -0.05) is 42.5 Å². The van der Waals surface area contributed by atoms with Crippen molar-refractivity contribution < 1.29 is 13.2 Å². The lowest BCUT2D eigenvalue weighted by atomic mass is 9.74. The maximum Gasteiger partial charge on any atom is 0.260 e. The minimum atomic E-state index is -3.64. The predicted octanol–water partition coefficient (Wildman–Crippen LogP) is 4.28. The molecule has 5 rings (SSSR count). The summed E-state index contributed by atoms with van der Waals surface area (Å²) in [6, 6.07) is 15.6. The largest absolute Gasteiger partial charge is 0.383 e. The van der Waals surface area contributed by atoms with Crippen molar-refractivity contribution in [3.8, 4) is 11.1 Å². The number of benzene rings is 2. The van der Waals surface area contributed by atoms with Crippen molar-refractivity contribution in [1.29, 1.82) is 0 Å². The number of sulfonamides is 1. The topological polar surface area (TPSA) is 67.7 Å². The van der Waals surface area contributed by atoms with Crippen LogP contribution in [0.15, 0.2) is 53.7 Å². The number of rotatable bonds is 6. The van der Waals surface area contributed by atoms with Crippen molar-refractivity contribution in [1.82, 2.24) is 18.8 Å². The fraction of sp³-hybridized carbons (Fsp3) is 0.483. The van der Waals surface area contributed by atoms with Crippen molar-refractivity contribution >= 4 is 10.0 Å². The number of aryl methyl sites for hydroxylation is 2. The number of nitrogens with zero attached hydrogens (tertiary/aromatic N) is 4. The molecule has 8 heteroatoms. The van der Waals surface area contributed by atoms with E-state index in [-0.39, 0.29) is 23.0 Å². The van der Waals surface area contributed by atoms with E-state index in [0.29, 0.717) is 25.5 Å². The highest BCUT2D eigenvalue weighted by molar-refractivity contribution is 7.89. The van der Waals surface area contributed by atoms with Gasteiger partial charge in [-0.3, -0.25) is 4.90 Å². The Labute approximate surface area is 221 Å². The third-order valence-electron chi connectivity index (χ3n) is 8.48.